The highest BCUT2D eigenvalue weighted by Crippen LogP contribution is 2.19. The molecule has 1 atom stereocenters. The van der Waals surface area contributed by atoms with E-state index in [9.17, 15) is 0 Å². The maximum atomic E-state index is 8.96. The monoisotopic (exact) mass is 196 g/mol. The van der Waals surface area contributed by atoms with E-state index in [0.717, 1.165) is 23.0 Å². The average molecular weight is 196 g/mol. The van der Waals surface area contributed by atoms with Crippen LogP contribution in [0.1, 0.15) is 25.0 Å². The lowest BCUT2D eigenvalue weighted by atomic mass is 10.0. The fourth-order valence-electron chi connectivity index (χ4n) is 1.64. The summed E-state index contributed by atoms with van der Waals surface area (Å²) in [7, 11) is 0. The highest BCUT2D eigenvalue weighted by molar-refractivity contribution is 5.78. The van der Waals surface area contributed by atoms with Gasteiger partial charge in [-0.2, -0.15) is 5.26 Å². The Morgan fingerprint density at radius 3 is 2.80 bits per heavy atom. The summed E-state index contributed by atoms with van der Waals surface area (Å²) in [5.41, 5.74) is 1.84. The Labute approximate surface area is 89.2 Å². The highest BCUT2D eigenvalue weighted by atomic mass is 14.7. The predicted molar refractivity (Wildman–Crippen MR) is 60.4 cm³/mol. The number of benzene rings is 1. The van der Waals surface area contributed by atoms with E-state index in [4.69, 9.17) is 5.26 Å². The van der Waals surface area contributed by atoms with E-state index in [2.05, 4.69) is 11.1 Å². The highest BCUT2D eigenvalue weighted by Gasteiger charge is 2.09. The summed E-state index contributed by atoms with van der Waals surface area (Å²) >= 11 is 0. The number of fused-ring (bicyclic) bond motifs is 1. The SMILES string of the molecule is CCC(C#N)c1ccc2ccccc2n1. The van der Waals surface area contributed by atoms with E-state index in [1.54, 1.807) is 0 Å². The van der Waals surface area contributed by atoms with Crippen molar-refractivity contribution < 1.29 is 0 Å². The first kappa shape index (κ1) is 9.67. The van der Waals surface area contributed by atoms with E-state index in [0.29, 0.717) is 0 Å². The maximum Gasteiger partial charge on any atom is 0.0882 e. The summed E-state index contributed by atoms with van der Waals surface area (Å²) in [6.07, 6.45) is 0.807. The molecule has 2 nitrogen and oxygen atoms in total. The molecular formula is C13H12N2. The molecule has 74 valence electrons. The Hall–Kier alpha value is -1.88. The number of para-hydroxylation sites is 1. The molecule has 2 heteroatoms. The normalized spacial score (nSPS) is 12.3. The van der Waals surface area contributed by atoms with E-state index in [-0.39, 0.29) is 5.92 Å². The molecular weight excluding hydrogens is 184 g/mol. The third-order valence-electron chi connectivity index (χ3n) is 2.54. The van der Waals surface area contributed by atoms with Crippen molar-refractivity contribution >= 4 is 10.9 Å². The first-order chi connectivity index (χ1) is 7.35. The summed E-state index contributed by atoms with van der Waals surface area (Å²) in [6, 6.07) is 14.2. The van der Waals surface area contributed by atoms with Crippen LogP contribution in [-0.2, 0) is 0 Å². The third-order valence-corrected chi connectivity index (χ3v) is 2.54. The van der Waals surface area contributed by atoms with E-state index in [1.165, 1.54) is 0 Å². The number of hydrogen-bond donors (Lipinski definition) is 0. The second-order valence-corrected chi connectivity index (χ2v) is 3.52. The van der Waals surface area contributed by atoms with Gasteiger partial charge in [0.25, 0.3) is 0 Å². The molecule has 0 amide bonds. The van der Waals surface area contributed by atoms with Crippen LogP contribution >= 0.6 is 0 Å². The Morgan fingerprint density at radius 2 is 2.07 bits per heavy atom. The van der Waals surface area contributed by atoms with Gasteiger partial charge in [-0.25, -0.2) is 0 Å². The predicted octanol–water partition coefficient (Wildman–Crippen LogP) is 3.25. The summed E-state index contributed by atoms with van der Waals surface area (Å²) in [4.78, 5) is 4.49. The minimum absolute atomic E-state index is 0.0883. The van der Waals surface area contributed by atoms with Crippen LogP contribution < -0.4 is 0 Å². The van der Waals surface area contributed by atoms with Crippen LogP contribution in [0.15, 0.2) is 36.4 Å². The van der Waals surface area contributed by atoms with Gasteiger partial charge in [0, 0.05) is 5.39 Å². The Kier molecular flexibility index (Phi) is 2.64. The van der Waals surface area contributed by atoms with E-state index >= 15 is 0 Å². The lowest BCUT2D eigenvalue weighted by Gasteiger charge is -2.06. The van der Waals surface area contributed by atoms with Crippen LogP contribution in [-0.4, -0.2) is 4.98 Å². The lowest BCUT2D eigenvalue weighted by molar-refractivity contribution is 0.792. The van der Waals surface area contributed by atoms with Crippen LogP contribution in [0.3, 0.4) is 0 Å². The molecule has 15 heavy (non-hydrogen) atoms. The van der Waals surface area contributed by atoms with Gasteiger partial charge in [-0.05, 0) is 18.6 Å². The summed E-state index contributed by atoms with van der Waals surface area (Å²) in [6.45, 7) is 2.00. The Balaban J connectivity index is 2.52. The van der Waals surface area contributed by atoms with Crippen molar-refractivity contribution in [1.29, 1.82) is 5.26 Å². The van der Waals surface area contributed by atoms with E-state index < -0.39 is 0 Å². The van der Waals surface area contributed by atoms with Gasteiger partial charge in [0.05, 0.1) is 23.2 Å². The smallest absolute Gasteiger partial charge is 0.0882 e. The molecule has 0 radical (unpaired) electrons. The standard InChI is InChI=1S/C13H12N2/c1-2-10(9-14)13-8-7-11-5-3-4-6-12(11)15-13/h3-8,10H,2H2,1H3. The molecule has 0 spiro atoms. The van der Waals surface area contributed by atoms with Crippen LogP contribution in [0.4, 0.5) is 0 Å². The number of rotatable bonds is 2. The first-order valence-corrected chi connectivity index (χ1v) is 5.10. The molecule has 0 fully saturated rings. The van der Waals surface area contributed by atoms with Crippen molar-refractivity contribution in [3.8, 4) is 6.07 Å². The van der Waals surface area contributed by atoms with Crippen molar-refractivity contribution in [3.05, 3.63) is 42.1 Å². The zero-order chi connectivity index (χ0) is 10.7. The lowest BCUT2D eigenvalue weighted by Crippen LogP contribution is -1.97. The van der Waals surface area contributed by atoms with Crippen molar-refractivity contribution in [2.75, 3.05) is 0 Å². The van der Waals surface area contributed by atoms with Crippen molar-refractivity contribution in [1.82, 2.24) is 4.98 Å². The van der Waals surface area contributed by atoms with Gasteiger partial charge < -0.3 is 0 Å². The number of nitrogens with zero attached hydrogens (tertiary/aromatic N) is 2. The van der Waals surface area contributed by atoms with Gasteiger partial charge in [-0.15, -0.1) is 0 Å². The van der Waals surface area contributed by atoms with Crippen LogP contribution in [0, 0.1) is 11.3 Å². The molecule has 0 saturated carbocycles. The van der Waals surface area contributed by atoms with Gasteiger partial charge >= 0.3 is 0 Å². The molecule has 1 aromatic carbocycles. The number of nitriles is 1. The molecule has 0 aliphatic carbocycles. The summed E-state index contributed by atoms with van der Waals surface area (Å²) in [5, 5.41) is 10.1. The quantitative estimate of drug-likeness (QED) is 0.739. The summed E-state index contributed by atoms with van der Waals surface area (Å²) in [5.74, 6) is -0.0883. The third kappa shape index (κ3) is 1.82. The molecule has 0 bridgehead atoms. The number of hydrogen-bond acceptors (Lipinski definition) is 2. The second-order valence-electron chi connectivity index (χ2n) is 3.52. The molecule has 0 aliphatic heterocycles. The molecule has 2 aromatic rings. The van der Waals surface area contributed by atoms with Gasteiger partial charge in [0.1, 0.15) is 0 Å². The Bertz CT molecular complexity index is 511. The summed E-state index contributed by atoms with van der Waals surface area (Å²) < 4.78 is 0. The maximum absolute atomic E-state index is 8.96. The molecule has 0 N–H and O–H groups in total. The molecule has 0 saturated heterocycles. The first-order valence-electron chi connectivity index (χ1n) is 5.10. The minimum Gasteiger partial charge on any atom is -0.251 e. The molecule has 0 aliphatic rings. The number of aromatic nitrogens is 1. The van der Waals surface area contributed by atoms with Gasteiger partial charge in [-0.3, -0.25) is 4.98 Å². The fraction of sp³-hybridized carbons (Fsp3) is 0.231. The topological polar surface area (TPSA) is 36.7 Å². The molecule has 1 aromatic heterocycles. The van der Waals surface area contributed by atoms with Gasteiger partial charge in [-0.1, -0.05) is 31.2 Å². The minimum atomic E-state index is -0.0883. The zero-order valence-corrected chi connectivity index (χ0v) is 8.64. The number of pyridine rings is 1. The molecule has 1 heterocycles. The van der Waals surface area contributed by atoms with Crippen molar-refractivity contribution in [2.45, 2.75) is 19.3 Å². The fourth-order valence-corrected chi connectivity index (χ4v) is 1.64. The Morgan fingerprint density at radius 1 is 1.27 bits per heavy atom. The van der Waals surface area contributed by atoms with E-state index in [1.807, 2.05) is 43.3 Å². The second kappa shape index (κ2) is 4.10. The van der Waals surface area contributed by atoms with Gasteiger partial charge in [0.15, 0.2) is 0 Å². The largest absolute Gasteiger partial charge is 0.251 e. The molecule has 2 rings (SSSR count). The van der Waals surface area contributed by atoms with Gasteiger partial charge in [0.2, 0.25) is 0 Å². The van der Waals surface area contributed by atoms with Crippen molar-refractivity contribution in [2.24, 2.45) is 0 Å². The van der Waals surface area contributed by atoms with Crippen molar-refractivity contribution in [3.63, 3.8) is 0 Å². The zero-order valence-electron chi connectivity index (χ0n) is 8.64. The van der Waals surface area contributed by atoms with Crippen LogP contribution in [0.25, 0.3) is 10.9 Å². The average Bonchev–Trinajstić information content (AvgIpc) is 2.30. The van der Waals surface area contributed by atoms with Crippen LogP contribution in [0.2, 0.25) is 0 Å². The van der Waals surface area contributed by atoms with Crippen LogP contribution in [0.5, 0.6) is 0 Å². The molecule has 1 unspecified atom stereocenters.